The molecule has 114 valence electrons. The topological polar surface area (TPSA) is 72.2 Å². The van der Waals surface area contributed by atoms with E-state index in [9.17, 15) is 23.7 Å². The summed E-state index contributed by atoms with van der Waals surface area (Å²) < 4.78 is 26.3. The number of nitrogens with one attached hydrogen (secondary N) is 1. The summed E-state index contributed by atoms with van der Waals surface area (Å²) in [4.78, 5) is 22.1. The van der Waals surface area contributed by atoms with E-state index in [2.05, 4.69) is 5.32 Å². The highest BCUT2D eigenvalue weighted by atomic mass is 19.2. The van der Waals surface area contributed by atoms with E-state index in [-0.39, 0.29) is 6.04 Å². The lowest BCUT2D eigenvalue weighted by Crippen LogP contribution is -2.34. The fourth-order valence-electron chi connectivity index (χ4n) is 2.56. The quantitative estimate of drug-likeness (QED) is 0.528. The Hall–Kier alpha value is -2.05. The number of nitrogens with zero attached hydrogens (tertiary/aromatic N) is 1. The molecule has 1 fully saturated rings. The molecule has 0 spiro atoms. The predicted molar refractivity (Wildman–Crippen MR) is 72.0 cm³/mol. The monoisotopic (exact) mass is 298 g/mol. The lowest BCUT2D eigenvalue weighted by molar-refractivity contribution is -0.385. The second-order valence-electron chi connectivity index (χ2n) is 5.20. The molecule has 1 saturated carbocycles. The minimum atomic E-state index is -1.34. The van der Waals surface area contributed by atoms with Crippen LogP contribution in [0, 0.1) is 21.7 Å². The van der Waals surface area contributed by atoms with Crippen molar-refractivity contribution in [3.8, 4) is 0 Å². The van der Waals surface area contributed by atoms with Crippen LogP contribution in [0.3, 0.4) is 0 Å². The van der Waals surface area contributed by atoms with Gasteiger partial charge < -0.3 is 5.32 Å². The third-order valence-electron chi connectivity index (χ3n) is 3.67. The summed E-state index contributed by atoms with van der Waals surface area (Å²) in [5.41, 5.74) is -1.16. The Morgan fingerprint density at radius 3 is 2.29 bits per heavy atom. The fourth-order valence-corrected chi connectivity index (χ4v) is 2.56. The lowest BCUT2D eigenvalue weighted by atomic mass is 10.1. The van der Waals surface area contributed by atoms with Gasteiger partial charge in [-0.05, 0) is 18.9 Å². The van der Waals surface area contributed by atoms with Crippen LogP contribution in [-0.4, -0.2) is 16.9 Å². The van der Waals surface area contributed by atoms with E-state index in [1.807, 2.05) is 0 Å². The molecule has 1 aromatic rings. The summed E-state index contributed by atoms with van der Waals surface area (Å²) in [6, 6.07) is 0.948. The summed E-state index contributed by atoms with van der Waals surface area (Å²) in [5.74, 6) is -3.34. The second-order valence-corrected chi connectivity index (χ2v) is 5.20. The van der Waals surface area contributed by atoms with Crippen molar-refractivity contribution in [1.29, 1.82) is 0 Å². The molecule has 0 aliphatic heterocycles. The molecule has 1 aliphatic carbocycles. The molecule has 1 N–H and O–H groups in total. The molecule has 21 heavy (non-hydrogen) atoms. The largest absolute Gasteiger partial charge is 0.349 e. The maximum absolute atomic E-state index is 13.2. The average molecular weight is 298 g/mol. The van der Waals surface area contributed by atoms with Crippen LogP contribution in [0.5, 0.6) is 0 Å². The number of benzene rings is 1. The fraction of sp³-hybridized carbons (Fsp3) is 0.500. The van der Waals surface area contributed by atoms with Gasteiger partial charge in [-0.3, -0.25) is 14.9 Å². The van der Waals surface area contributed by atoms with Crippen LogP contribution in [0.2, 0.25) is 0 Å². The lowest BCUT2D eigenvalue weighted by Gasteiger charge is -2.16. The van der Waals surface area contributed by atoms with Gasteiger partial charge in [0.15, 0.2) is 11.6 Å². The maximum Gasteiger partial charge on any atom is 0.285 e. The first-order chi connectivity index (χ1) is 9.99. The molecular formula is C14H16F2N2O3. The van der Waals surface area contributed by atoms with Crippen molar-refractivity contribution in [1.82, 2.24) is 5.32 Å². The average Bonchev–Trinajstić information content (AvgIpc) is 2.69. The first-order valence-corrected chi connectivity index (χ1v) is 6.93. The highest BCUT2D eigenvalue weighted by molar-refractivity contribution is 5.98. The van der Waals surface area contributed by atoms with Crippen LogP contribution in [0.1, 0.15) is 48.9 Å². The molecule has 2 rings (SSSR count). The van der Waals surface area contributed by atoms with Crippen LogP contribution in [-0.2, 0) is 0 Å². The highest BCUT2D eigenvalue weighted by Gasteiger charge is 2.25. The van der Waals surface area contributed by atoms with Crippen molar-refractivity contribution in [3.63, 3.8) is 0 Å². The molecule has 1 amide bonds. The Kier molecular flexibility index (Phi) is 4.82. The van der Waals surface area contributed by atoms with Gasteiger partial charge >= 0.3 is 0 Å². The Balaban J connectivity index is 2.21. The molecule has 0 aromatic heterocycles. The second kappa shape index (κ2) is 6.60. The van der Waals surface area contributed by atoms with E-state index >= 15 is 0 Å². The van der Waals surface area contributed by atoms with Crippen molar-refractivity contribution < 1.29 is 18.5 Å². The van der Waals surface area contributed by atoms with Gasteiger partial charge in [-0.15, -0.1) is 0 Å². The van der Waals surface area contributed by atoms with E-state index in [1.54, 1.807) is 0 Å². The molecule has 0 unspecified atom stereocenters. The maximum atomic E-state index is 13.2. The third kappa shape index (κ3) is 3.74. The molecule has 1 aliphatic rings. The van der Waals surface area contributed by atoms with Crippen molar-refractivity contribution in [2.24, 2.45) is 0 Å². The molecule has 0 bridgehead atoms. The van der Waals surface area contributed by atoms with Crippen molar-refractivity contribution in [3.05, 3.63) is 39.4 Å². The van der Waals surface area contributed by atoms with Crippen molar-refractivity contribution in [2.75, 3.05) is 0 Å². The van der Waals surface area contributed by atoms with E-state index in [0.29, 0.717) is 12.1 Å². The summed E-state index contributed by atoms with van der Waals surface area (Å²) >= 11 is 0. The van der Waals surface area contributed by atoms with Gasteiger partial charge in [-0.2, -0.15) is 0 Å². The number of halogens is 2. The minimum Gasteiger partial charge on any atom is -0.349 e. The summed E-state index contributed by atoms with van der Waals surface area (Å²) in [7, 11) is 0. The van der Waals surface area contributed by atoms with Crippen LogP contribution in [0.4, 0.5) is 14.5 Å². The van der Waals surface area contributed by atoms with E-state index in [1.165, 1.54) is 0 Å². The van der Waals surface area contributed by atoms with Gasteiger partial charge in [-0.1, -0.05) is 25.7 Å². The molecule has 0 heterocycles. The zero-order valence-electron chi connectivity index (χ0n) is 11.4. The SMILES string of the molecule is O=C(NC1CCCCCC1)c1cc(F)c(F)cc1[N+](=O)[O-]. The van der Waals surface area contributed by atoms with Crippen LogP contribution in [0.25, 0.3) is 0 Å². The molecule has 1 aromatic carbocycles. The van der Waals surface area contributed by atoms with Gasteiger partial charge in [0, 0.05) is 6.04 Å². The standard InChI is InChI=1S/C14H16F2N2O3/c15-11-7-10(13(18(20)21)8-12(11)16)14(19)17-9-5-3-1-2-4-6-9/h7-9H,1-6H2,(H,17,19). The smallest absolute Gasteiger partial charge is 0.285 e. The number of amides is 1. The molecule has 0 radical (unpaired) electrons. The van der Waals surface area contributed by atoms with Gasteiger partial charge in [0.2, 0.25) is 0 Å². The predicted octanol–water partition coefficient (Wildman–Crippen LogP) is 3.33. The molecule has 7 heteroatoms. The summed E-state index contributed by atoms with van der Waals surface area (Å²) in [6.07, 6.45) is 5.73. The molecule has 0 saturated heterocycles. The van der Waals surface area contributed by atoms with E-state index in [0.717, 1.165) is 38.5 Å². The Morgan fingerprint density at radius 2 is 1.71 bits per heavy atom. The first-order valence-electron chi connectivity index (χ1n) is 6.93. The Labute approximate surface area is 120 Å². The number of nitro benzene ring substituents is 1. The normalized spacial score (nSPS) is 16.3. The zero-order chi connectivity index (χ0) is 15.4. The van der Waals surface area contributed by atoms with E-state index < -0.39 is 33.7 Å². The van der Waals surface area contributed by atoms with Crippen LogP contribution < -0.4 is 5.32 Å². The number of hydrogen-bond acceptors (Lipinski definition) is 3. The Morgan fingerprint density at radius 1 is 1.14 bits per heavy atom. The number of rotatable bonds is 3. The van der Waals surface area contributed by atoms with Crippen molar-refractivity contribution >= 4 is 11.6 Å². The summed E-state index contributed by atoms with van der Waals surface area (Å²) in [6.45, 7) is 0. The van der Waals surface area contributed by atoms with Crippen LogP contribution in [0.15, 0.2) is 12.1 Å². The Bertz CT molecular complexity index is 555. The van der Waals surface area contributed by atoms with Crippen LogP contribution >= 0.6 is 0 Å². The third-order valence-corrected chi connectivity index (χ3v) is 3.67. The summed E-state index contributed by atoms with van der Waals surface area (Å²) in [5, 5.41) is 13.6. The van der Waals surface area contributed by atoms with E-state index in [4.69, 9.17) is 0 Å². The number of nitro groups is 1. The van der Waals surface area contributed by atoms with Crippen molar-refractivity contribution in [2.45, 2.75) is 44.6 Å². The van der Waals surface area contributed by atoms with Gasteiger partial charge in [0.05, 0.1) is 11.0 Å². The van der Waals surface area contributed by atoms with Gasteiger partial charge in [0.1, 0.15) is 5.56 Å². The minimum absolute atomic E-state index is 0.0762. The number of carbonyl (C=O) groups excluding carboxylic acids is 1. The first kappa shape index (κ1) is 15.3. The molecular weight excluding hydrogens is 282 g/mol. The van der Waals surface area contributed by atoms with Gasteiger partial charge in [0.25, 0.3) is 11.6 Å². The number of hydrogen-bond donors (Lipinski definition) is 1. The van der Waals surface area contributed by atoms with Gasteiger partial charge in [-0.25, -0.2) is 8.78 Å². The molecule has 0 atom stereocenters. The highest BCUT2D eigenvalue weighted by Crippen LogP contribution is 2.23. The zero-order valence-corrected chi connectivity index (χ0v) is 11.4. The number of carbonyl (C=O) groups is 1. The molecule has 5 nitrogen and oxygen atoms in total.